The first kappa shape index (κ1) is 13.6. The molecule has 0 saturated heterocycles. The zero-order valence-corrected chi connectivity index (χ0v) is 11.5. The summed E-state index contributed by atoms with van der Waals surface area (Å²) in [5.74, 6) is -0.0106. The summed E-state index contributed by atoms with van der Waals surface area (Å²) in [6.07, 6.45) is 0. The van der Waals surface area contributed by atoms with Gasteiger partial charge in [-0.1, -0.05) is 36.4 Å². The van der Waals surface area contributed by atoms with Crippen LogP contribution in [0, 0.1) is 11.3 Å². The van der Waals surface area contributed by atoms with E-state index >= 15 is 0 Å². The summed E-state index contributed by atoms with van der Waals surface area (Å²) in [7, 11) is 0. The summed E-state index contributed by atoms with van der Waals surface area (Å²) < 4.78 is 5.52. The number of benzene rings is 2. The van der Waals surface area contributed by atoms with Gasteiger partial charge in [-0.25, -0.2) is 0 Å². The van der Waals surface area contributed by atoms with E-state index in [-0.39, 0.29) is 17.5 Å². The Kier molecular flexibility index (Phi) is 3.67. The van der Waals surface area contributed by atoms with Crippen LogP contribution >= 0.6 is 0 Å². The standard InChI is InChI=1S/C17H11N3O2/c18-11-14-17(20-15(21)12-7-3-1-4-8-12)22-16(19-14)13-9-5-2-6-10-13/h1-10H,(H,20,21). The summed E-state index contributed by atoms with van der Waals surface area (Å²) in [5, 5.41) is 11.7. The van der Waals surface area contributed by atoms with Crippen LogP contribution in [-0.2, 0) is 0 Å². The number of nitrogens with one attached hydrogen (secondary N) is 1. The monoisotopic (exact) mass is 289 g/mol. The highest BCUT2D eigenvalue weighted by Gasteiger charge is 2.17. The van der Waals surface area contributed by atoms with Crippen molar-refractivity contribution < 1.29 is 9.21 Å². The maximum atomic E-state index is 12.1. The molecular weight excluding hydrogens is 278 g/mol. The third-order valence-electron chi connectivity index (χ3n) is 3.02. The highest BCUT2D eigenvalue weighted by Crippen LogP contribution is 2.25. The van der Waals surface area contributed by atoms with Gasteiger partial charge >= 0.3 is 0 Å². The highest BCUT2D eigenvalue weighted by atomic mass is 16.4. The second kappa shape index (κ2) is 5.94. The number of carbonyl (C=O) groups is 1. The van der Waals surface area contributed by atoms with Crippen LogP contribution in [0.3, 0.4) is 0 Å². The molecule has 2 aromatic carbocycles. The molecule has 5 heteroatoms. The van der Waals surface area contributed by atoms with Gasteiger partial charge in [-0.05, 0) is 24.3 Å². The average Bonchev–Trinajstić information content (AvgIpc) is 2.99. The second-order valence-corrected chi connectivity index (χ2v) is 4.49. The minimum Gasteiger partial charge on any atom is -0.419 e. The molecule has 0 atom stereocenters. The summed E-state index contributed by atoms with van der Waals surface area (Å²) in [5.41, 5.74) is 1.26. The lowest BCUT2D eigenvalue weighted by atomic mass is 10.2. The molecule has 0 radical (unpaired) electrons. The number of nitriles is 1. The van der Waals surface area contributed by atoms with E-state index in [0.717, 1.165) is 5.56 Å². The molecule has 22 heavy (non-hydrogen) atoms. The first-order valence-corrected chi connectivity index (χ1v) is 6.60. The van der Waals surface area contributed by atoms with Crippen LogP contribution in [0.1, 0.15) is 16.1 Å². The van der Waals surface area contributed by atoms with E-state index in [4.69, 9.17) is 9.68 Å². The van der Waals surface area contributed by atoms with Gasteiger partial charge in [0.25, 0.3) is 5.91 Å². The molecule has 1 amide bonds. The van der Waals surface area contributed by atoms with E-state index in [1.807, 2.05) is 42.5 Å². The van der Waals surface area contributed by atoms with Crippen LogP contribution < -0.4 is 5.32 Å². The van der Waals surface area contributed by atoms with Gasteiger partial charge < -0.3 is 4.42 Å². The maximum Gasteiger partial charge on any atom is 0.258 e. The molecule has 0 unspecified atom stereocenters. The molecule has 0 saturated carbocycles. The number of nitrogens with zero attached hydrogens (tertiary/aromatic N) is 2. The van der Waals surface area contributed by atoms with Gasteiger partial charge in [0.2, 0.25) is 17.5 Å². The van der Waals surface area contributed by atoms with Crippen molar-refractivity contribution in [2.45, 2.75) is 0 Å². The predicted octanol–water partition coefficient (Wildman–Crippen LogP) is 3.47. The first-order chi connectivity index (χ1) is 10.8. The third-order valence-corrected chi connectivity index (χ3v) is 3.02. The van der Waals surface area contributed by atoms with Crippen LogP contribution in [0.2, 0.25) is 0 Å². The molecule has 0 fully saturated rings. The van der Waals surface area contributed by atoms with Crippen LogP contribution in [0.5, 0.6) is 0 Å². The van der Waals surface area contributed by atoms with Gasteiger partial charge in [-0.15, -0.1) is 0 Å². The van der Waals surface area contributed by atoms with Gasteiger partial charge in [-0.3, -0.25) is 10.1 Å². The normalized spacial score (nSPS) is 9.95. The zero-order chi connectivity index (χ0) is 15.4. The van der Waals surface area contributed by atoms with Crippen molar-refractivity contribution in [1.82, 2.24) is 4.98 Å². The van der Waals surface area contributed by atoms with Crippen molar-refractivity contribution in [1.29, 1.82) is 5.26 Å². The lowest BCUT2D eigenvalue weighted by Crippen LogP contribution is -2.11. The van der Waals surface area contributed by atoms with Crippen LogP contribution in [0.25, 0.3) is 11.5 Å². The molecule has 0 aliphatic rings. The molecule has 1 N–H and O–H groups in total. The summed E-state index contributed by atoms with van der Waals surface area (Å²) in [6, 6.07) is 19.8. The molecule has 106 valence electrons. The van der Waals surface area contributed by atoms with Crippen molar-refractivity contribution in [2.75, 3.05) is 5.32 Å². The zero-order valence-electron chi connectivity index (χ0n) is 11.5. The van der Waals surface area contributed by atoms with Gasteiger partial charge in [0.15, 0.2) is 0 Å². The minimum atomic E-state index is -0.354. The fourth-order valence-electron chi connectivity index (χ4n) is 1.95. The van der Waals surface area contributed by atoms with E-state index < -0.39 is 0 Å². The number of carbonyl (C=O) groups excluding carboxylic acids is 1. The molecule has 0 bridgehead atoms. The van der Waals surface area contributed by atoms with E-state index in [1.165, 1.54) is 0 Å². The molecule has 5 nitrogen and oxygen atoms in total. The van der Waals surface area contributed by atoms with Crippen molar-refractivity contribution in [3.8, 4) is 17.5 Å². The van der Waals surface area contributed by atoms with Gasteiger partial charge in [0.05, 0.1) is 0 Å². The second-order valence-electron chi connectivity index (χ2n) is 4.49. The topological polar surface area (TPSA) is 78.9 Å². The van der Waals surface area contributed by atoms with E-state index in [1.54, 1.807) is 24.3 Å². The van der Waals surface area contributed by atoms with Crippen LogP contribution in [-0.4, -0.2) is 10.9 Å². The van der Waals surface area contributed by atoms with Crippen molar-refractivity contribution in [3.63, 3.8) is 0 Å². The smallest absolute Gasteiger partial charge is 0.258 e. The molecule has 3 aromatic rings. The van der Waals surface area contributed by atoms with E-state index in [0.29, 0.717) is 11.5 Å². The Morgan fingerprint density at radius 3 is 2.32 bits per heavy atom. The van der Waals surface area contributed by atoms with Crippen molar-refractivity contribution in [2.24, 2.45) is 0 Å². The number of oxazole rings is 1. The minimum absolute atomic E-state index is 0.0446. The molecule has 1 heterocycles. The number of anilines is 1. The summed E-state index contributed by atoms with van der Waals surface area (Å²) in [6.45, 7) is 0. The number of rotatable bonds is 3. The fourth-order valence-corrected chi connectivity index (χ4v) is 1.95. The van der Waals surface area contributed by atoms with E-state index in [9.17, 15) is 4.79 Å². The van der Waals surface area contributed by atoms with Crippen molar-refractivity contribution >= 4 is 11.8 Å². The molecule has 1 aromatic heterocycles. The Bertz CT molecular complexity index is 833. The van der Waals surface area contributed by atoms with Crippen molar-refractivity contribution in [3.05, 3.63) is 71.9 Å². The average molecular weight is 289 g/mol. The summed E-state index contributed by atoms with van der Waals surface area (Å²) in [4.78, 5) is 16.2. The first-order valence-electron chi connectivity index (χ1n) is 6.60. The quantitative estimate of drug-likeness (QED) is 0.800. The Balaban J connectivity index is 1.90. The van der Waals surface area contributed by atoms with Gasteiger partial charge in [-0.2, -0.15) is 10.2 Å². The number of hydrogen-bond donors (Lipinski definition) is 1. The van der Waals surface area contributed by atoms with Crippen LogP contribution in [0.4, 0.5) is 5.88 Å². The number of aromatic nitrogens is 1. The Morgan fingerprint density at radius 2 is 1.68 bits per heavy atom. The molecule has 0 aliphatic carbocycles. The largest absolute Gasteiger partial charge is 0.419 e. The lowest BCUT2D eigenvalue weighted by molar-refractivity contribution is 0.102. The molecule has 3 rings (SSSR count). The lowest BCUT2D eigenvalue weighted by Gasteiger charge is -2.01. The SMILES string of the molecule is N#Cc1nc(-c2ccccc2)oc1NC(=O)c1ccccc1. The highest BCUT2D eigenvalue weighted by molar-refractivity contribution is 6.04. The Morgan fingerprint density at radius 1 is 1.05 bits per heavy atom. The Labute approximate surface area is 126 Å². The maximum absolute atomic E-state index is 12.1. The predicted molar refractivity (Wildman–Crippen MR) is 81.0 cm³/mol. The Hall–Kier alpha value is -3.39. The third kappa shape index (κ3) is 2.72. The molecular formula is C17H11N3O2. The fraction of sp³-hybridized carbons (Fsp3) is 0. The molecule has 0 aliphatic heterocycles. The molecule has 0 spiro atoms. The van der Waals surface area contributed by atoms with Gasteiger partial charge in [0.1, 0.15) is 6.07 Å². The van der Waals surface area contributed by atoms with E-state index in [2.05, 4.69) is 10.3 Å². The van der Waals surface area contributed by atoms with Gasteiger partial charge in [0, 0.05) is 11.1 Å². The summed E-state index contributed by atoms with van der Waals surface area (Å²) >= 11 is 0. The number of amides is 1. The number of hydrogen-bond acceptors (Lipinski definition) is 4. The van der Waals surface area contributed by atoms with Crippen LogP contribution in [0.15, 0.2) is 65.1 Å².